The molecule has 0 amide bonds. The molecule has 2 fully saturated rings. The SMILES string of the molecule is CCOC(=O)C(=CN(C1CCCCC1)C1CCCCC1)C(=O)c1cc(F)c(F)c(F)c1F. The third-order valence-corrected chi connectivity index (χ3v) is 6.36. The van der Waals surface area contributed by atoms with Gasteiger partial charge < -0.3 is 9.64 Å². The maximum Gasteiger partial charge on any atom is 0.343 e. The fourth-order valence-corrected chi connectivity index (χ4v) is 4.71. The molecular weight excluding hydrogens is 426 g/mol. The summed E-state index contributed by atoms with van der Waals surface area (Å²) in [5, 5.41) is 0. The van der Waals surface area contributed by atoms with Crippen LogP contribution in [0.3, 0.4) is 0 Å². The van der Waals surface area contributed by atoms with Crippen LogP contribution in [0.1, 0.15) is 81.5 Å². The molecule has 4 nitrogen and oxygen atoms in total. The number of hydrogen-bond donors (Lipinski definition) is 0. The van der Waals surface area contributed by atoms with E-state index < -0.39 is 46.2 Å². The molecule has 0 heterocycles. The summed E-state index contributed by atoms with van der Waals surface area (Å²) in [7, 11) is 0. The highest BCUT2D eigenvalue weighted by atomic mass is 19.2. The maximum atomic E-state index is 14.4. The van der Waals surface area contributed by atoms with Crippen LogP contribution in [0.2, 0.25) is 0 Å². The van der Waals surface area contributed by atoms with E-state index in [1.165, 1.54) is 6.20 Å². The van der Waals surface area contributed by atoms with Gasteiger partial charge in [0.25, 0.3) is 0 Å². The molecule has 0 spiro atoms. The van der Waals surface area contributed by atoms with Crippen LogP contribution in [0.15, 0.2) is 17.8 Å². The van der Waals surface area contributed by atoms with Crippen molar-refractivity contribution in [1.82, 2.24) is 4.90 Å². The lowest BCUT2D eigenvalue weighted by molar-refractivity contribution is -0.138. The van der Waals surface area contributed by atoms with E-state index in [4.69, 9.17) is 4.74 Å². The second-order valence-corrected chi connectivity index (χ2v) is 8.47. The second kappa shape index (κ2) is 11.0. The summed E-state index contributed by atoms with van der Waals surface area (Å²) in [5.41, 5.74) is -1.54. The van der Waals surface area contributed by atoms with Crippen LogP contribution in [0, 0.1) is 23.3 Å². The Morgan fingerprint density at radius 1 is 0.906 bits per heavy atom. The van der Waals surface area contributed by atoms with Crippen LogP contribution in [-0.4, -0.2) is 35.3 Å². The van der Waals surface area contributed by atoms with Gasteiger partial charge in [0.2, 0.25) is 5.78 Å². The Morgan fingerprint density at radius 3 is 1.94 bits per heavy atom. The first-order valence-electron chi connectivity index (χ1n) is 11.4. The van der Waals surface area contributed by atoms with Gasteiger partial charge in [-0.15, -0.1) is 0 Å². The molecule has 176 valence electrons. The number of Topliss-reactive ketones (excluding diaryl/α,β-unsaturated/α-hetero) is 1. The molecule has 0 aliphatic heterocycles. The van der Waals surface area contributed by atoms with Crippen molar-refractivity contribution in [2.75, 3.05) is 6.61 Å². The Balaban J connectivity index is 2.05. The number of nitrogens with zero attached hydrogens (tertiary/aromatic N) is 1. The lowest BCUT2D eigenvalue weighted by atomic mass is 9.88. The number of benzene rings is 1. The van der Waals surface area contributed by atoms with Gasteiger partial charge in [-0.05, 0) is 38.7 Å². The van der Waals surface area contributed by atoms with Crippen LogP contribution >= 0.6 is 0 Å². The monoisotopic (exact) mass is 455 g/mol. The van der Waals surface area contributed by atoms with Crippen molar-refractivity contribution < 1.29 is 31.9 Å². The lowest BCUT2D eigenvalue weighted by Crippen LogP contribution is -2.42. The quantitative estimate of drug-likeness (QED) is 0.0758. The third kappa shape index (κ3) is 5.33. The molecule has 0 bridgehead atoms. The van der Waals surface area contributed by atoms with Crippen LogP contribution < -0.4 is 0 Å². The average Bonchev–Trinajstić information content (AvgIpc) is 2.81. The average molecular weight is 455 g/mol. The molecule has 0 atom stereocenters. The Morgan fingerprint density at radius 2 is 1.44 bits per heavy atom. The van der Waals surface area contributed by atoms with Gasteiger partial charge in [-0.3, -0.25) is 4.79 Å². The molecule has 2 saturated carbocycles. The highest BCUT2D eigenvalue weighted by Crippen LogP contribution is 2.32. The topological polar surface area (TPSA) is 46.6 Å². The Labute approximate surface area is 185 Å². The zero-order valence-corrected chi connectivity index (χ0v) is 18.3. The van der Waals surface area contributed by atoms with Crippen molar-refractivity contribution in [2.24, 2.45) is 0 Å². The number of ether oxygens (including phenoxy) is 1. The summed E-state index contributed by atoms with van der Waals surface area (Å²) in [6.45, 7) is 1.52. The second-order valence-electron chi connectivity index (χ2n) is 8.47. The van der Waals surface area contributed by atoms with Gasteiger partial charge in [0.1, 0.15) is 5.57 Å². The number of ketones is 1. The van der Waals surface area contributed by atoms with E-state index >= 15 is 0 Å². The first kappa shape index (κ1) is 24.3. The van der Waals surface area contributed by atoms with E-state index in [0.717, 1.165) is 64.2 Å². The van der Waals surface area contributed by atoms with Gasteiger partial charge in [0.15, 0.2) is 23.3 Å². The van der Waals surface area contributed by atoms with Gasteiger partial charge in [0, 0.05) is 18.3 Å². The molecule has 0 saturated heterocycles. The molecule has 32 heavy (non-hydrogen) atoms. The Bertz CT molecular complexity index is 856. The Hall–Kier alpha value is -2.38. The smallest absolute Gasteiger partial charge is 0.343 e. The van der Waals surface area contributed by atoms with E-state index in [0.29, 0.717) is 0 Å². The fourth-order valence-electron chi connectivity index (χ4n) is 4.71. The van der Waals surface area contributed by atoms with E-state index in [-0.39, 0.29) is 24.8 Å². The summed E-state index contributed by atoms with van der Waals surface area (Å²) >= 11 is 0. The normalized spacial score (nSPS) is 18.5. The van der Waals surface area contributed by atoms with Crippen LogP contribution in [0.4, 0.5) is 17.6 Å². The minimum Gasteiger partial charge on any atom is -0.462 e. The van der Waals surface area contributed by atoms with E-state index in [2.05, 4.69) is 0 Å². The minimum absolute atomic E-state index is 0.0368. The molecule has 8 heteroatoms. The van der Waals surface area contributed by atoms with E-state index in [1.807, 2.05) is 4.90 Å². The largest absolute Gasteiger partial charge is 0.462 e. The van der Waals surface area contributed by atoms with Crippen molar-refractivity contribution in [2.45, 2.75) is 83.2 Å². The molecule has 1 aromatic carbocycles. The number of hydrogen-bond acceptors (Lipinski definition) is 4. The first-order chi connectivity index (χ1) is 15.3. The number of carbonyl (C=O) groups is 2. The summed E-state index contributed by atoms with van der Waals surface area (Å²) in [6, 6.07) is 0.501. The predicted molar refractivity (Wildman–Crippen MR) is 111 cm³/mol. The van der Waals surface area contributed by atoms with Gasteiger partial charge in [-0.25, -0.2) is 22.4 Å². The summed E-state index contributed by atoms with van der Waals surface area (Å²) in [5.74, 6) is -9.85. The zero-order valence-electron chi connectivity index (χ0n) is 18.3. The van der Waals surface area contributed by atoms with E-state index in [1.54, 1.807) is 6.92 Å². The van der Waals surface area contributed by atoms with Crippen LogP contribution in [0.5, 0.6) is 0 Å². The standard InChI is InChI=1S/C24H29F4NO3/c1-2-32-24(31)18(23(30)17-13-19(25)21(27)22(28)20(17)26)14-29(15-9-5-3-6-10-15)16-11-7-4-8-12-16/h13-16H,2-12H2,1H3. The molecule has 0 radical (unpaired) electrons. The van der Waals surface area contributed by atoms with Gasteiger partial charge in [-0.1, -0.05) is 38.5 Å². The molecule has 1 aromatic rings. The fraction of sp³-hybridized carbons (Fsp3) is 0.583. The van der Waals surface area contributed by atoms with Crippen LogP contribution in [-0.2, 0) is 9.53 Å². The van der Waals surface area contributed by atoms with Crippen molar-refractivity contribution in [1.29, 1.82) is 0 Å². The van der Waals surface area contributed by atoms with Crippen molar-refractivity contribution in [3.63, 3.8) is 0 Å². The number of halogens is 4. The van der Waals surface area contributed by atoms with Crippen molar-refractivity contribution >= 4 is 11.8 Å². The maximum absolute atomic E-state index is 14.4. The highest BCUT2D eigenvalue weighted by molar-refractivity contribution is 6.24. The zero-order chi connectivity index (χ0) is 23.3. The molecule has 0 unspecified atom stereocenters. The summed E-state index contributed by atoms with van der Waals surface area (Å²) in [6.07, 6.45) is 11.3. The lowest BCUT2D eigenvalue weighted by Gasteiger charge is -2.41. The number of rotatable bonds is 7. The molecule has 3 rings (SSSR count). The van der Waals surface area contributed by atoms with Gasteiger partial charge >= 0.3 is 5.97 Å². The number of carbonyl (C=O) groups excluding carboxylic acids is 2. The molecule has 0 N–H and O–H groups in total. The molecule has 2 aliphatic rings. The summed E-state index contributed by atoms with van der Waals surface area (Å²) in [4.78, 5) is 27.8. The third-order valence-electron chi connectivity index (χ3n) is 6.36. The van der Waals surface area contributed by atoms with Gasteiger partial charge in [-0.2, -0.15) is 0 Å². The summed E-state index contributed by atoms with van der Waals surface area (Å²) < 4.78 is 60.3. The molecule has 0 aromatic heterocycles. The molecular formula is C24H29F4NO3. The number of esters is 1. The van der Waals surface area contributed by atoms with Crippen molar-refractivity contribution in [3.8, 4) is 0 Å². The predicted octanol–water partition coefficient (Wildman–Crippen LogP) is 5.84. The van der Waals surface area contributed by atoms with Crippen LogP contribution in [0.25, 0.3) is 0 Å². The molecule has 2 aliphatic carbocycles. The van der Waals surface area contributed by atoms with Gasteiger partial charge in [0.05, 0.1) is 12.2 Å². The van der Waals surface area contributed by atoms with E-state index in [9.17, 15) is 27.2 Å². The van der Waals surface area contributed by atoms with Crippen molar-refractivity contribution in [3.05, 3.63) is 46.7 Å². The first-order valence-corrected chi connectivity index (χ1v) is 11.4. The minimum atomic E-state index is -2.09. The Kier molecular flexibility index (Phi) is 8.32. The highest BCUT2D eigenvalue weighted by Gasteiger charge is 2.32.